The van der Waals surface area contributed by atoms with Crippen molar-refractivity contribution in [1.29, 1.82) is 0 Å². The number of unbranched alkanes of at least 4 members (excludes halogenated alkanes) is 5. The maximum Gasteiger partial charge on any atom is 0.146 e. The molecule has 0 aromatic heterocycles. The van der Waals surface area contributed by atoms with Gasteiger partial charge in [0.05, 0.1) is 6.54 Å². The van der Waals surface area contributed by atoms with Crippen LogP contribution in [-0.4, -0.2) is 31.3 Å². The molecular formula is C12H25NO. The Labute approximate surface area is 88.7 Å². The summed E-state index contributed by atoms with van der Waals surface area (Å²) in [5.41, 5.74) is 0. The van der Waals surface area contributed by atoms with Crippen molar-refractivity contribution in [3.63, 3.8) is 0 Å². The summed E-state index contributed by atoms with van der Waals surface area (Å²) in [6, 6.07) is 0. The number of hydrogen-bond donors (Lipinski definition) is 0. The lowest BCUT2D eigenvalue weighted by Gasteiger charge is -2.07. The molecule has 2 heteroatoms. The van der Waals surface area contributed by atoms with Crippen molar-refractivity contribution in [2.24, 2.45) is 0 Å². The van der Waals surface area contributed by atoms with E-state index in [1.54, 1.807) is 0 Å². The lowest BCUT2D eigenvalue weighted by atomic mass is 10.1. The first kappa shape index (κ1) is 13.6. The van der Waals surface area contributed by atoms with Crippen molar-refractivity contribution < 1.29 is 4.79 Å². The van der Waals surface area contributed by atoms with Crippen molar-refractivity contribution in [2.45, 2.75) is 51.9 Å². The van der Waals surface area contributed by atoms with Gasteiger partial charge >= 0.3 is 0 Å². The van der Waals surface area contributed by atoms with Crippen molar-refractivity contribution >= 4 is 5.78 Å². The SMILES string of the molecule is CCCCCCCCC(=O)CN(C)C. The van der Waals surface area contributed by atoms with Gasteiger partial charge in [-0.15, -0.1) is 0 Å². The van der Waals surface area contributed by atoms with Crippen LogP contribution in [0.4, 0.5) is 0 Å². The Bertz CT molecular complexity index is 143. The van der Waals surface area contributed by atoms with Crippen LogP contribution in [0.2, 0.25) is 0 Å². The number of carbonyl (C=O) groups excluding carboxylic acids is 1. The van der Waals surface area contributed by atoms with Crippen LogP contribution in [0.3, 0.4) is 0 Å². The first-order valence-electron chi connectivity index (χ1n) is 5.83. The van der Waals surface area contributed by atoms with Gasteiger partial charge in [-0.1, -0.05) is 39.0 Å². The van der Waals surface area contributed by atoms with E-state index in [-0.39, 0.29) is 0 Å². The third-order valence-corrected chi connectivity index (χ3v) is 2.30. The first-order chi connectivity index (χ1) is 6.66. The molecule has 0 spiro atoms. The van der Waals surface area contributed by atoms with Gasteiger partial charge < -0.3 is 4.90 Å². The molecule has 0 atom stereocenters. The van der Waals surface area contributed by atoms with Crippen LogP contribution in [0.5, 0.6) is 0 Å². The van der Waals surface area contributed by atoms with Gasteiger partial charge in [0.15, 0.2) is 0 Å². The fourth-order valence-electron chi connectivity index (χ4n) is 1.53. The predicted octanol–water partition coefficient (Wildman–Crippen LogP) is 2.87. The van der Waals surface area contributed by atoms with E-state index in [2.05, 4.69) is 6.92 Å². The van der Waals surface area contributed by atoms with E-state index in [0.717, 1.165) is 12.8 Å². The number of likely N-dealkylation sites (N-methyl/N-ethyl adjacent to an activating group) is 1. The molecule has 0 heterocycles. The van der Waals surface area contributed by atoms with Gasteiger partial charge in [0.2, 0.25) is 0 Å². The Morgan fingerprint density at radius 1 is 1.00 bits per heavy atom. The standard InChI is InChI=1S/C12H25NO/c1-4-5-6-7-8-9-10-12(14)11-13(2)3/h4-11H2,1-3H3. The van der Waals surface area contributed by atoms with Crippen molar-refractivity contribution in [1.82, 2.24) is 4.90 Å². The fourth-order valence-corrected chi connectivity index (χ4v) is 1.53. The fraction of sp³-hybridized carbons (Fsp3) is 0.917. The summed E-state index contributed by atoms with van der Waals surface area (Å²) in [5, 5.41) is 0. The maximum atomic E-state index is 11.3. The average Bonchev–Trinajstić information content (AvgIpc) is 2.10. The van der Waals surface area contributed by atoms with Gasteiger partial charge in [-0.3, -0.25) is 4.79 Å². The van der Waals surface area contributed by atoms with Crippen LogP contribution >= 0.6 is 0 Å². The van der Waals surface area contributed by atoms with Crippen LogP contribution in [0.15, 0.2) is 0 Å². The summed E-state index contributed by atoms with van der Waals surface area (Å²) >= 11 is 0. The highest BCUT2D eigenvalue weighted by atomic mass is 16.1. The zero-order chi connectivity index (χ0) is 10.8. The molecule has 0 aliphatic rings. The molecule has 0 unspecified atom stereocenters. The minimum Gasteiger partial charge on any atom is -0.302 e. The Kier molecular flexibility index (Phi) is 8.95. The highest BCUT2D eigenvalue weighted by Crippen LogP contribution is 2.07. The van der Waals surface area contributed by atoms with Gasteiger partial charge in [-0.2, -0.15) is 0 Å². The Hall–Kier alpha value is -0.370. The number of rotatable bonds is 9. The lowest BCUT2D eigenvalue weighted by molar-refractivity contribution is -0.119. The second-order valence-electron chi connectivity index (χ2n) is 4.29. The predicted molar refractivity (Wildman–Crippen MR) is 61.6 cm³/mol. The molecule has 0 aliphatic heterocycles. The Morgan fingerprint density at radius 3 is 2.14 bits per heavy atom. The largest absolute Gasteiger partial charge is 0.302 e. The molecule has 0 aliphatic carbocycles. The van der Waals surface area contributed by atoms with Crippen LogP contribution < -0.4 is 0 Å². The van der Waals surface area contributed by atoms with Crippen LogP contribution in [0, 0.1) is 0 Å². The second-order valence-corrected chi connectivity index (χ2v) is 4.29. The van der Waals surface area contributed by atoms with Gasteiger partial charge in [0.1, 0.15) is 5.78 Å². The second kappa shape index (κ2) is 9.20. The van der Waals surface area contributed by atoms with E-state index < -0.39 is 0 Å². The minimum absolute atomic E-state index is 0.380. The first-order valence-corrected chi connectivity index (χ1v) is 5.83. The average molecular weight is 199 g/mol. The number of ketones is 1. The van der Waals surface area contributed by atoms with Crippen LogP contribution in [-0.2, 0) is 4.79 Å². The molecule has 0 saturated carbocycles. The molecule has 0 N–H and O–H groups in total. The number of Topliss-reactive ketones (excluding diaryl/α,β-unsaturated/α-hetero) is 1. The summed E-state index contributed by atoms with van der Waals surface area (Å²) < 4.78 is 0. The molecule has 0 bridgehead atoms. The van der Waals surface area contributed by atoms with Crippen molar-refractivity contribution in [3.8, 4) is 0 Å². The summed E-state index contributed by atoms with van der Waals surface area (Å²) in [7, 11) is 3.89. The summed E-state index contributed by atoms with van der Waals surface area (Å²) in [4.78, 5) is 13.2. The maximum absolute atomic E-state index is 11.3. The highest BCUT2D eigenvalue weighted by molar-refractivity contribution is 5.80. The Balaban J connectivity index is 3.15. The van der Waals surface area contributed by atoms with E-state index in [1.807, 2.05) is 19.0 Å². The third kappa shape index (κ3) is 9.72. The van der Waals surface area contributed by atoms with Crippen molar-refractivity contribution in [3.05, 3.63) is 0 Å². The van der Waals surface area contributed by atoms with Gasteiger partial charge in [-0.25, -0.2) is 0 Å². The topological polar surface area (TPSA) is 20.3 Å². The normalized spacial score (nSPS) is 10.9. The van der Waals surface area contributed by atoms with E-state index in [9.17, 15) is 4.79 Å². The molecule has 2 nitrogen and oxygen atoms in total. The molecule has 0 saturated heterocycles. The molecule has 84 valence electrons. The molecule has 0 rings (SSSR count). The smallest absolute Gasteiger partial charge is 0.146 e. The van der Waals surface area contributed by atoms with Gasteiger partial charge in [0, 0.05) is 6.42 Å². The molecule has 14 heavy (non-hydrogen) atoms. The zero-order valence-corrected chi connectivity index (χ0v) is 10.0. The highest BCUT2D eigenvalue weighted by Gasteiger charge is 2.02. The number of nitrogens with zero attached hydrogens (tertiary/aromatic N) is 1. The van der Waals surface area contributed by atoms with Crippen LogP contribution in [0.1, 0.15) is 51.9 Å². The van der Waals surface area contributed by atoms with E-state index >= 15 is 0 Å². The molecule has 0 radical (unpaired) electrons. The summed E-state index contributed by atoms with van der Waals surface area (Å²) in [6.07, 6.45) is 8.33. The van der Waals surface area contributed by atoms with E-state index in [1.165, 1.54) is 32.1 Å². The molecule has 0 aromatic rings. The van der Waals surface area contributed by atoms with Gasteiger partial charge in [0.25, 0.3) is 0 Å². The molecule has 0 aromatic carbocycles. The monoisotopic (exact) mass is 199 g/mol. The lowest BCUT2D eigenvalue weighted by Crippen LogP contribution is -2.21. The quantitative estimate of drug-likeness (QED) is 0.532. The summed E-state index contributed by atoms with van der Waals surface area (Å²) in [6.45, 7) is 2.83. The van der Waals surface area contributed by atoms with Crippen molar-refractivity contribution in [2.75, 3.05) is 20.6 Å². The van der Waals surface area contributed by atoms with Crippen LogP contribution in [0.25, 0.3) is 0 Å². The molecular weight excluding hydrogens is 174 g/mol. The minimum atomic E-state index is 0.380. The van der Waals surface area contributed by atoms with Gasteiger partial charge in [-0.05, 0) is 20.5 Å². The van der Waals surface area contributed by atoms with E-state index in [4.69, 9.17) is 0 Å². The Morgan fingerprint density at radius 2 is 1.57 bits per heavy atom. The number of carbonyl (C=O) groups is 1. The zero-order valence-electron chi connectivity index (χ0n) is 10.0. The number of hydrogen-bond acceptors (Lipinski definition) is 2. The molecule has 0 fully saturated rings. The molecule has 0 amide bonds. The third-order valence-electron chi connectivity index (χ3n) is 2.30. The summed E-state index contributed by atoms with van der Waals surface area (Å²) in [5.74, 6) is 0.380. The van der Waals surface area contributed by atoms with E-state index in [0.29, 0.717) is 12.3 Å².